The first kappa shape index (κ1) is 13.4. The van der Waals surface area contributed by atoms with Crippen molar-refractivity contribution in [3.05, 3.63) is 23.7 Å². The average Bonchev–Trinajstić information content (AvgIpc) is 3.07. The molecule has 0 N–H and O–H groups in total. The van der Waals surface area contributed by atoms with Crippen LogP contribution in [-0.4, -0.2) is 29.2 Å². The minimum absolute atomic E-state index is 0.0467. The molecule has 2 aliphatic rings. The Hall–Kier alpha value is -1.58. The van der Waals surface area contributed by atoms with Crippen LogP contribution in [0.1, 0.15) is 54.6 Å². The Bertz CT molecular complexity index is 520. The largest absolute Gasteiger partial charge is 0.459 e. The van der Waals surface area contributed by atoms with Crippen LogP contribution in [0.5, 0.6) is 0 Å². The molecule has 2 atom stereocenters. The molecule has 3 rings (SSSR count). The van der Waals surface area contributed by atoms with Crippen LogP contribution in [0.25, 0.3) is 0 Å². The maximum Gasteiger partial charge on any atom is 0.290 e. The molecule has 2 unspecified atom stereocenters. The zero-order valence-electron chi connectivity index (χ0n) is 11.9. The van der Waals surface area contributed by atoms with Crippen molar-refractivity contribution in [2.24, 2.45) is 5.92 Å². The average molecular weight is 275 g/mol. The van der Waals surface area contributed by atoms with E-state index >= 15 is 0 Å². The normalized spacial score (nSPS) is 27.1. The number of aryl methyl sites for hydroxylation is 1. The van der Waals surface area contributed by atoms with Crippen LogP contribution >= 0.6 is 0 Å². The zero-order valence-corrected chi connectivity index (χ0v) is 11.9. The maximum atomic E-state index is 12.6. The summed E-state index contributed by atoms with van der Waals surface area (Å²) in [5.41, 5.74) is 0.871. The van der Waals surface area contributed by atoms with E-state index in [1.807, 2.05) is 17.9 Å². The first-order chi connectivity index (χ1) is 9.68. The molecule has 1 aromatic rings. The highest BCUT2D eigenvalue weighted by atomic mass is 16.3. The first-order valence-electron chi connectivity index (χ1n) is 7.56. The second kappa shape index (κ2) is 5.43. The number of carbonyl (C=O) groups excluding carboxylic acids is 2. The Morgan fingerprint density at radius 1 is 1.30 bits per heavy atom. The molecule has 0 aromatic carbocycles. The van der Waals surface area contributed by atoms with Crippen LogP contribution in [-0.2, 0) is 4.79 Å². The van der Waals surface area contributed by atoms with Gasteiger partial charge in [-0.25, -0.2) is 0 Å². The van der Waals surface area contributed by atoms with E-state index in [0.29, 0.717) is 18.0 Å². The summed E-state index contributed by atoms with van der Waals surface area (Å²) in [5.74, 6) is 0.774. The van der Waals surface area contributed by atoms with E-state index in [1.165, 1.54) is 0 Å². The minimum atomic E-state index is -0.0478. The topological polar surface area (TPSA) is 50.5 Å². The minimum Gasteiger partial charge on any atom is -0.459 e. The molecule has 0 spiro atoms. The first-order valence-corrected chi connectivity index (χ1v) is 7.56. The predicted molar refractivity (Wildman–Crippen MR) is 74.5 cm³/mol. The van der Waals surface area contributed by atoms with Crippen molar-refractivity contribution in [1.82, 2.24) is 4.90 Å². The van der Waals surface area contributed by atoms with Gasteiger partial charge in [0.15, 0.2) is 5.76 Å². The van der Waals surface area contributed by atoms with E-state index in [2.05, 4.69) is 0 Å². The zero-order chi connectivity index (χ0) is 14.1. The van der Waals surface area contributed by atoms with E-state index in [9.17, 15) is 9.59 Å². The van der Waals surface area contributed by atoms with E-state index in [1.54, 1.807) is 6.26 Å². The van der Waals surface area contributed by atoms with Crippen LogP contribution in [0.3, 0.4) is 0 Å². The van der Waals surface area contributed by atoms with E-state index in [4.69, 9.17) is 4.42 Å². The molecule has 0 radical (unpaired) electrons. The number of Topliss-reactive ketones (excluding diaryl/α,β-unsaturated/α-hetero) is 1. The van der Waals surface area contributed by atoms with Gasteiger partial charge in [0.05, 0.1) is 6.26 Å². The molecule has 20 heavy (non-hydrogen) atoms. The molecular weight excluding hydrogens is 254 g/mol. The monoisotopic (exact) mass is 275 g/mol. The van der Waals surface area contributed by atoms with E-state index < -0.39 is 0 Å². The number of furan rings is 1. The maximum absolute atomic E-state index is 12.6. The lowest BCUT2D eigenvalue weighted by Gasteiger charge is -2.32. The van der Waals surface area contributed by atoms with Crippen LogP contribution in [0.2, 0.25) is 0 Å². The number of hydrogen-bond acceptors (Lipinski definition) is 3. The summed E-state index contributed by atoms with van der Waals surface area (Å²) in [7, 11) is 0. The highest BCUT2D eigenvalue weighted by molar-refractivity contribution is 5.94. The van der Waals surface area contributed by atoms with Gasteiger partial charge in [0, 0.05) is 30.5 Å². The van der Waals surface area contributed by atoms with Crippen molar-refractivity contribution in [1.29, 1.82) is 0 Å². The van der Waals surface area contributed by atoms with Gasteiger partial charge < -0.3 is 9.32 Å². The summed E-state index contributed by atoms with van der Waals surface area (Å²) < 4.78 is 5.32. The summed E-state index contributed by atoms with van der Waals surface area (Å²) in [4.78, 5) is 26.6. The molecule has 4 nitrogen and oxygen atoms in total. The third-order valence-electron chi connectivity index (χ3n) is 4.68. The highest BCUT2D eigenvalue weighted by Gasteiger charge is 2.40. The lowest BCUT2D eigenvalue weighted by molar-refractivity contribution is -0.126. The fourth-order valence-corrected chi connectivity index (χ4v) is 3.60. The van der Waals surface area contributed by atoms with Crippen LogP contribution in [0.4, 0.5) is 0 Å². The Kier molecular flexibility index (Phi) is 3.64. The quantitative estimate of drug-likeness (QED) is 0.833. The second-order valence-electron chi connectivity index (χ2n) is 5.96. The van der Waals surface area contributed by atoms with E-state index in [0.717, 1.165) is 44.2 Å². The fourth-order valence-electron chi connectivity index (χ4n) is 3.60. The van der Waals surface area contributed by atoms with Gasteiger partial charge in [-0.1, -0.05) is 6.42 Å². The number of nitrogens with zero attached hydrogens (tertiary/aromatic N) is 1. The lowest BCUT2D eigenvalue weighted by Crippen LogP contribution is -2.43. The summed E-state index contributed by atoms with van der Waals surface area (Å²) in [6.45, 7) is 2.63. The molecule has 108 valence electrons. The SMILES string of the molecule is Cc1ccoc1C(=O)N1CCCC1C1CCCCC1=O. The molecule has 4 heteroatoms. The Morgan fingerprint density at radius 3 is 2.85 bits per heavy atom. The van der Waals surface area contributed by atoms with Crippen LogP contribution in [0, 0.1) is 12.8 Å². The standard InChI is InChI=1S/C16H21NO3/c1-11-8-10-20-15(11)16(19)17-9-4-6-13(17)12-5-2-3-7-14(12)18/h8,10,12-13H,2-7,9H2,1H3. The molecular formula is C16H21NO3. The summed E-state index contributed by atoms with van der Waals surface area (Å²) in [6.07, 6.45) is 7.22. The number of ketones is 1. The molecule has 0 bridgehead atoms. The van der Waals surface area contributed by atoms with Crippen LogP contribution < -0.4 is 0 Å². The van der Waals surface area contributed by atoms with Crippen molar-refractivity contribution >= 4 is 11.7 Å². The molecule has 1 saturated heterocycles. The molecule has 1 amide bonds. The molecule has 1 saturated carbocycles. The third-order valence-corrected chi connectivity index (χ3v) is 4.68. The summed E-state index contributed by atoms with van der Waals surface area (Å²) in [5, 5.41) is 0. The van der Waals surface area contributed by atoms with Crippen molar-refractivity contribution in [3.8, 4) is 0 Å². The summed E-state index contributed by atoms with van der Waals surface area (Å²) >= 11 is 0. The van der Waals surface area contributed by atoms with Crippen molar-refractivity contribution in [3.63, 3.8) is 0 Å². The molecule has 1 aliphatic carbocycles. The number of amides is 1. The van der Waals surface area contributed by atoms with Gasteiger partial charge in [0.2, 0.25) is 0 Å². The van der Waals surface area contributed by atoms with Gasteiger partial charge in [-0.3, -0.25) is 9.59 Å². The second-order valence-corrected chi connectivity index (χ2v) is 5.96. The number of carbonyl (C=O) groups is 2. The third kappa shape index (κ3) is 2.28. The van der Waals surface area contributed by atoms with Gasteiger partial charge >= 0.3 is 0 Å². The number of likely N-dealkylation sites (tertiary alicyclic amines) is 1. The van der Waals surface area contributed by atoms with Crippen LogP contribution in [0.15, 0.2) is 16.7 Å². The molecule has 2 heterocycles. The van der Waals surface area contributed by atoms with Crippen molar-refractivity contribution in [2.45, 2.75) is 51.5 Å². The van der Waals surface area contributed by atoms with Crippen molar-refractivity contribution in [2.75, 3.05) is 6.54 Å². The van der Waals surface area contributed by atoms with Gasteiger partial charge in [0.25, 0.3) is 5.91 Å². The number of hydrogen-bond donors (Lipinski definition) is 0. The Balaban J connectivity index is 1.80. The highest BCUT2D eigenvalue weighted by Crippen LogP contribution is 2.33. The Labute approximate surface area is 119 Å². The van der Waals surface area contributed by atoms with Gasteiger partial charge in [-0.05, 0) is 38.7 Å². The van der Waals surface area contributed by atoms with Gasteiger partial charge in [0.1, 0.15) is 5.78 Å². The van der Waals surface area contributed by atoms with E-state index in [-0.39, 0.29) is 17.9 Å². The van der Waals surface area contributed by atoms with Gasteiger partial charge in [-0.2, -0.15) is 0 Å². The summed E-state index contributed by atoms with van der Waals surface area (Å²) in [6, 6.07) is 1.89. The van der Waals surface area contributed by atoms with Gasteiger partial charge in [-0.15, -0.1) is 0 Å². The lowest BCUT2D eigenvalue weighted by atomic mass is 9.82. The predicted octanol–water partition coefficient (Wildman–Crippen LogP) is 2.95. The fraction of sp³-hybridized carbons (Fsp3) is 0.625. The Morgan fingerprint density at radius 2 is 2.15 bits per heavy atom. The molecule has 2 fully saturated rings. The molecule has 1 aromatic heterocycles. The number of rotatable bonds is 2. The van der Waals surface area contributed by atoms with Crippen molar-refractivity contribution < 1.29 is 14.0 Å². The smallest absolute Gasteiger partial charge is 0.290 e. The molecule has 1 aliphatic heterocycles.